The number of likely N-dealkylation sites (N-methyl/N-ethyl adjacent to an activating group) is 1. The van der Waals surface area contributed by atoms with Crippen molar-refractivity contribution in [3.8, 4) is 5.75 Å². The van der Waals surface area contributed by atoms with Crippen LogP contribution in [0.4, 0.5) is 4.39 Å². The minimum absolute atomic E-state index is 0.00395. The Kier molecular flexibility index (Phi) is 6.71. The number of primary amides is 1. The maximum atomic E-state index is 16.1. The van der Waals surface area contributed by atoms with E-state index in [0.717, 1.165) is 6.42 Å². The van der Waals surface area contributed by atoms with Crippen molar-refractivity contribution >= 4 is 29.1 Å². The van der Waals surface area contributed by atoms with E-state index >= 15 is 4.39 Å². The molecule has 13 heteroatoms. The van der Waals surface area contributed by atoms with Crippen LogP contribution in [0.25, 0.3) is 5.76 Å². The predicted octanol–water partition coefficient (Wildman–Crippen LogP) is 0.205. The van der Waals surface area contributed by atoms with Crippen LogP contribution in [0.2, 0.25) is 0 Å². The number of phenolic OH excluding ortho intramolecular Hbond substituents is 1. The molecule has 230 valence electrons. The Morgan fingerprint density at radius 3 is 2.42 bits per heavy atom. The van der Waals surface area contributed by atoms with E-state index in [2.05, 4.69) is 5.32 Å². The number of aromatic hydroxyl groups is 1. The molecule has 3 aliphatic carbocycles. The summed E-state index contributed by atoms with van der Waals surface area (Å²) in [6.45, 7) is 1.96. The molecule has 5 aliphatic rings. The van der Waals surface area contributed by atoms with Crippen LogP contribution in [0.5, 0.6) is 5.75 Å². The Bertz CT molecular complexity index is 1540. The molecular formula is C30H35FN4O8. The minimum Gasteiger partial charge on any atom is -0.508 e. The first-order valence-corrected chi connectivity index (χ1v) is 14.4. The van der Waals surface area contributed by atoms with E-state index in [1.165, 1.54) is 25.1 Å². The van der Waals surface area contributed by atoms with Crippen LogP contribution in [0.3, 0.4) is 0 Å². The second-order valence-corrected chi connectivity index (χ2v) is 12.7. The van der Waals surface area contributed by atoms with Gasteiger partial charge >= 0.3 is 0 Å². The number of benzene rings is 1. The summed E-state index contributed by atoms with van der Waals surface area (Å²) in [6, 6.07) is -0.0153. The fourth-order valence-corrected chi connectivity index (χ4v) is 8.04. The molecule has 6 rings (SSSR count). The Balaban J connectivity index is 1.37. The number of fused-ring (bicyclic) bond motifs is 3. The molecule has 2 saturated heterocycles. The number of hydrogen-bond acceptors (Lipinski definition) is 10. The van der Waals surface area contributed by atoms with Crippen molar-refractivity contribution in [3.63, 3.8) is 0 Å². The van der Waals surface area contributed by atoms with Crippen molar-refractivity contribution < 1.29 is 44.0 Å². The second kappa shape index (κ2) is 9.86. The number of nitrogens with zero attached hydrogens (tertiary/aromatic N) is 2. The summed E-state index contributed by atoms with van der Waals surface area (Å²) < 4.78 is 16.1. The molecule has 0 bridgehead atoms. The molecule has 3 fully saturated rings. The lowest BCUT2D eigenvalue weighted by Gasteiger charge is -2.50. The van der Waals surface area contributed by atoms with E-state index < -0.39 is 69.6 Å². The predicted molar refractivity (Wildman–Crippen MR) is 149 cm³/mol. The topological polar surface area (TPSA) is 194 Å². The monoisotopic (exact) mass is 598 g/mol. The molecule has 1 aromatic carbocycles. The van der Waals surface area contributed by atoms with E-state index in [0.29, 0.717) is 32.5 Å². The molecule has 7 N–H and O–H groups in total. The fraction of sp³-hybridized carbons (Fsp3) is 0.533. The van der Waals surface area contributed by atoms with Gasteiger partial charge < -0.3 is 31.5 Å². The number of nitrogens with two attached hydrogens (primary N) is 1. The zero-order valence-corrected chi connectivity index (χ0v) is 23.9. The molecule has 1 spiro atoms. The Morgan fingerprint density at radius 1 is 1.16 bits per heavy atom. The van der Waals surface area contributed by atoms with Gasteiger partial charge in [0.2, 0.25) is 11.7 Å². The van der Waals surface area contributed by atoms with Gasteiger partial charge in [0.15, 0.2) is 11.4 Å². The average Bonchev–Trinajstić information content (AvgIpc) is 3.28. The number of phenols is 1. The lowest BCUT2D eigenvalue weighted by molar-refractivity contribution is -0.153. The van der Waals surface area contributed by atoms with E-state index in [4.69, 9.17) is 5.73 Å². The number of aliphatic hydroxyl groups is 3. The van der Waals surface area contributed by atoms with Gasteiger partial charge in [0.05, 0.1) is 17.0 Å². The van der Waals surface area contributed by atoms with Crippen LogP contribution in [0.15, 0.2) is 23.0 Å². The Hall–Kier alpha value is -3.81. The minimum atomic E-state index is -2.75. The number of halogens is 1. The fourth-order valence-electron chi connectivity index (χ4n) is 8.04. The van der Waals surface area contributed by atoms with Crippen LogP contribution < -0.4 is 11.1 Å². The van der Waals surface area contributed by atoms with Crippen LogP contribution >= 0.6 is 0 Å². The molecule has 1 aromatic rings. The largest absolute Gasteiger partial charge is 0.508 e. The van der Waals surface area contributed by atoms with Gasteiger partial charge in [0.1, 0.15) is 28.7 Å². The van der Waals surface area contributed by atoms with Crippen LogP contribution in [-0.2, 0) is 32.1 Å². The first-order chi connectivity index (χ1) is 20.2. The SMILES string of the molecule is CN(C)[C@@H]1C(=O)C(C(N)=O)=C(O)[C@@]2(O)C(=O)C3=C(O)c4c(O)cc(CN5CCC6(CCNC6=O)CC5)c(F)c4C[C@H]3C[C@@H]12. The van der Waals surface area contributed by atoms with Crippen molar-refractivity contribution in [2.45, 2.75) is 50.3 Å². The standard InChI is InChI=1S/C30H35FN4O8/c1-34(2)22-16-10-13-9-15-19(23(37)18(13)25(39)30(16,43)26(40)20(24(22)38)27(32)41)17(36)11-14(21(15)31)12-35-7-4-29(5-8-35)3-6-33-28(29)42/h11,13,16,22,36-37,40,43H,3-10,12H2,1-2H3,(H2,32,41)(H,33,42)/t13-,16-,22-,30-/m0/s1. The number of hydrogen-bond donors (Lipinski definition) is 6. The normalized spacial score (nSPS) is 30.4. The molecule has 0 unspecified atom stereocenters. The van der Waals surface area contributed by atoms with Crippen molar-refractivity contribution in [2.24, 2.45) is 23.0 Å². The molecule has 0 radical (unpaired) electrons. The van der Waals surface area contributed by atoms with Gasteiger partial charge in [-0.25, -0.2) is 4.39 Å². The van der Waals surface area contributed by atoms with Gasteiger partial charge in [-0.1, -0.05) is 0 Å². The third-order valence-corrected chi connectivity index (χ3v) is 10.3. The van der Waals surface area contributed by atoms with Gasteiger partial charge in [0, 0.05) is 35.7 Å². The number of ketones is 2. The Labute approximate surface area is 246 Å². The first kappa shape index (κ1) is 29.3. The van der Waals surface area contributed by atoms with E-state index in [-0.39, 0.29) is 53.0 Å². The van der Waals surface area contributed by atoms with Gasteiger partial charge in [-0.15, -0.1) is 0 Å². The average molecular weight is 599 g/mol. The van der Waals surface area contributed by atoms with E-state index in [1.54, 1.807) is 0 Å². The molecule has 0 aromatic heterocycles. The summed E-state index contributed by atoms with van der Waals surface area (Å²) in [5, 5.41) is 47.7. The number of nitrogens with one attached hydrogen (secondary N) is 1. The lowest BCUT2D eigenvalue weighted by atomic mass is 9.57. The first-order valence-electron chi connectivity index (χ1n) is 14.4. The van der Waals surface area contributed by atoms with Gasteiger partial charge in [0.25, 0.3) is 5.91 Å². The maximum absolute atomic E-state index is 16.1. The highest BCUT2D eigenvalue weighted by Crippen LogP contribution is 2.53. The smallest absolute Gasteiger partial charge is 0.255 e. The number of amides is 2. The lowest BCUT2D eigenvalue weighted by Crippen LogP contribution is -2.65. The third kappa shape index (κ3) is 4.05. The number of rotatable bonds is 4. The quantitative estimate of drug-likeness (QED) is 0.261. The summed E-state index contributed by atoms with van der Waals surface area (Å²) in [5.74, 6) is -8.35. The highest BCUT2D eigenvalue weighted by atomic mass is 19.1. The molecule has 2 aliphatic heterocycles. The molecule has 2 amide bonds. The number of Topliss-reactive ketones (excluding diaryl/α,β-unsaturated/α-hetero) is 2. The zero-order valence-electron chi connectivity index (χ0n) is 23.9. The van der Waals surface area contributed by atoms with E-state index in [1.807, 2.05) is 4.90 Å². The van der Waals surface area contributed by atoms with Crippen molar-refractivity contribution in [1.29, 1.82) is 0 Å². The van der Waals surface area contributed by atoms with Gasteiger partial charge in [-0.2, -0.15) is 0 Å². The van der Waals surface area contributed by atoms with Crippen molar-refractivity contribution in [2.75, 3.05) is 33.7 Å². The molecule has 4 atom stereocenters. The highest BCUT2D eigenvalue weighted by Gasteiger charge is 2.64. The molecule has 43 heavy (non-hydrogen) atoms. The van der Waals surface area contributed by atoms with Crippen molar-refractivity contribution in [3.05, 3.63) is 45.5 Å². The van der Waals surface area contributed by atoms with Gasteiger partial charge in [-0.05, 0) is 71.3 Å². The summed E-state index contributed by atoms with van der Waals surface area (Å²) in [7, 11) is 3.03. The summed E-state index contributed by atoms with van der Waals surface area (Å²) in [6.07, 6.45) is 1.82. The van der Waals surface area contributed by atoms with Crippen LogP contribution in [-0.4, -0.2) is 99.0 Å². The van der Waals surface area contributed by atoms with Crippen molar-refractivity contribution in [1.82, 2.24) is 15.1 Å². The Morgan fingerprint density at radius 2 is 1.84 bits per heavy atom. The third-order valence-electron chi connectivity index (χ3n) is 10.3. The molecule has 1 saturated carbocycles. The number of piperidine rings is 1. The number of carbonyl (C=O) groups excluding carboxylic acids is 4. The second-order valence-electron chi connectivity index (χ2n) is 12.7. The summed E-state index contributed by atoms with van der Waals surface area (Å²) >= 11 is 0. The maximum Gasteiger partial charge on any atom is 0.255 e. The van der Waals surface area contributed by atoms with Crippen LogP contribution in [0, 0.1) is 23.1 Å². The zero-order chi connectivity index (χ0) is 31.2. The van der Waals surface area contributed by atoms with Crippen LogP contribution in [0.1, 0.15) is 42.4 Å². The number of likely N-dealkylation sites (tertiary alicyclic amines) is 1. The highest BCUT2D eigenvalue weighted by molar-refractivity contribution is 6.24. The number of carbonyl (C=O) groups is 4. The molecular weight excluding hydrogens is 563 g/mol. The summed E-state index contributed by atoms with van der Waals surface area (Å²) in [4.78, 5) is 55.0. The summed E-state index contributed by atoms with van der Waals surface area (Å²) in [5.41, 5.74) is 0.904. The molecule has 2 heterocycles. The van der Waals surface area contributed by atoms with E-state index in [9.17, 15) is 39.6 Å². The molecule has 12 nitrogen and oxygen atoms in total. The van der Waals surface area contributed by atoms with Gasteiger partial charge in [-0.3, -0.25) is 29.0 Å². The number of aliphatic hydroxyl groups excluding tert-OH is 2.